The number of hydrogen-bond acceptors (Lipinski definition) is 5. The molecule has 84 valence electrons. The van der Waals surface area contributed by atoms with E-state index >= 15 is 0 Å². The number of nitrogens with zero attached hydrogens (tertiary/aromatic N) is 3. The van der Waals surface area contributed by atoms with Crippen LogP contribution in [0.15, 0.2) is 4.52 Å². The predicted octanol–water partition coefficient (Wildman–Crippen LogP) is 0.590. The van der Waals surface area contributed by atoms with Gasteiger partial charge in [0.05, 0.1) is 0 Å². The van der Waals surface area contributed by atoms with Gasteiger partial charge in [-0.1, -0.05) is 11.6 Å². The summed E-state index contributed by atoms with van der Waals surface area (Å²) in [5.74, 6) is 1.01. The molecule has 0 spiro atoms. The molecule has 1 N–H and O–H groups in total. The lowest BCUT2D eigenvalue weighted by Gasteiger charge is -2.25. The zero-order chi connectivity index (χ0) is 10.5. The highest BCUT2D eigenvalue weighted by atomic mass is 16.5. The topological polar surface area (TPSA) is 62.4 Å². The first-order valence-corrected chi connectivity index (χ1v) is 5.53. The van der Waals surface area contributed by atoms with E-state index in [4.69, 9.17) is 9.63 Å². The maximum absolute atomic E-state index is 8.76. The molecule has 5 nitrogen and oxygen atoms in total. The Morgan fingerprint density at radius 3 is 2.73 bits per heavy atom. The van der Waals surface area contributed by atoms with Crippen LogP contribution in [-0.2, 0) is 13.0 Å². The van der Waals surface area contributed by atoms with Gasteiger partial charge in [-0.05, 0) is 25.9 Å². The fraction of sp³-hybridized carbons (Fsp3) is 0.800. The van der Waals surface area contributed by atoms with Gasteiger partial charge in [0.15, 0.2) is 5.82 Å². The van der Waals surface area contributed by atoms with Crippen LogP contribution in [0.5, 0.6) is 0 Å². The molecule has 1 fully saturated rings. The molecule has 2 heterocycles. The van der Waals surface area contributed by atoms with Gasteiger partial charge < -0.3 is 14.5 Å². The van der Waals surface area contributed by atoms with E-state index in [1.165, 1.54) is 32.4 Å². The van der Waals surface area contributed by atoms with Crippen LogP contribution in [-0.4, -0.2) is 39.8 Å². The molecule has 1 aliphatic heterocycles. The molecule has 0 bridgehead atoms. The molecule has 2 rings (SSSR count). The van der Waals surface area contributed by atoms with Crippen LogP contribution in [0.4, 0.5) is 0 Å². The fourth-order valence-corrected chi connectivity index (χ4v) is 1.90. The average molecular weight is 211 g/mol. The van der Waals surface area contributed by atoms with E-state index in [0.29, 0.717) is 11.7 Å². The summed E-state index contributed by atoms with van der Waals surface area (Å²) in [4.78, 5) is 6.49. The van der Waals surface area contributed by atoms with E-state index in [9.17, 15) is 0 Å². The molecule has 1 aromatic heterocycles. The van der Waals surface area contributed by atoms with E-state index in [0.717, 1.165) is 13.0 Å². The van der Waals surface area contributed by atoms with Crippen LogP contribution in [0.3, 0.4) is 0 Å². The SMILES string of the molecule is OCc1nc(CCN2CCCCC2)no1. The van der Waals surface area contributed by atoms with Crippen molar-refractivity contribution in [2.45, 2.75) is 32.3 Å². The third-order valence-electron chi connectivity index (χ3n) is 2.75. The normalized spacial score (nSPS) is 18.2. The van der Waals surface area contributed by atoms with E-state index in [2.05, 4.69) is 15.0 Å². The molecule has 1 aromatic rings. The van der Waals surface area contributed by atoms with Crippen molar-refractivity contribution in [3.8, 4) is 0 Å². The Morgan fingerprint density at radius 2 is 2.07 bits per heavy atom. The second kappa shape index (κ2) is 5.23. The van der Waals surface area contributed by atoms with Crippen LogP contribution in [0, 0.1) is 0 Å². The summed E-state index contributed by atoms with van der Waals surface area (Å²) in [5, 5.41) is 12.6. The van der Waals surface area contributed by atoms with Crippen molar-refractivity contribution in [1.82, 2.24) is 15.0 Å². The number of piperidine rings is 1. The fourth-order valence-electron chi connectivity index (χ4n) is 1.90. The van der Waals surface area contributed by atoms with Crippen LogP contribution in [0.25, 0.3) is 0 Å². The lowest BCUT2D eigenvalue weighted by molar-refractivity contribution is 0.221. The largest absolute Gasteiger partial charge is 0.387 e. The van der Waals surface area contributed by atoms with Crippen LogP contribution in [0.2, 0.25) is 0 Å². The standard InChI is InChI=1S/C10H17N3O2/c14-8-10-11-9(12-15-10)4-7-13-5-2-1-3-6-13/h14H,1-8H2. The van der Waals surface area contributed by atoms with Crippen molar-refractivity contribution >= 4 is 0 Å². The Labute approximate surface area is 89.1 Å². The maximum Gasteiger partial charge on any atom is 0.252 e. The highest BCUT2D eigenvalue weighted by Crippen LogP contribution is 2.09. The first-order valence-electron chi connectivity index (χ1n) is 5.53. The van der Waals surface area contributed by atoms with Crippen LogP contribution in [0.1, 0.15) is 31.0 Å². The summed E-state index contributed by atoms with van der Waals surface area (Å²) in [5.41, 5.74) is 0. The molecule has 15 heavy (non-hydrogen) atoms. The van der Waals surface area contributed by atoms with Gasteiger partial charge in [0.25, 0.3) is 5.89 Å². The van der Waals surface area contributed by atoms with Crippen molar-refractivity contribution < 1.29 is 9.63 Å². The van der Waals surface area contributed by atoms with E-state index in [-0.39, 0.29) is 6.61 Å². The summed E-state index contributed by atoms with van der Waals surface area (Å²) in [6.45, 7) is 3.19. The number of aromatic nitrogens is 2. The van der Waals surface area contributed by atoms with Crippen molar-refractivity contribution in [1.29, 1.82) is 0 Å². The Hall–Kier alpha value is -0.940. The summed E-state index contributed by atoms with van der Waals surface area (Å²) in [7, 11) is 0. The zero-order valence-electron chi connectivity index (χ0n) is 8.85. The number of likely N-dealkylation sites (tertiary alicyclic amines) is 1. The minimum atomic E-state index is -0.170. The number of aliphatic hydroxyl groups is 1. The van der Waals surface area contributed by atoms with Gasteiger partial charge in [-0.3, -0.25) is 0 Å². The Kier molecular flexibility index (Phi) is 3.69. The molecule has 0 saturated carbocycles. The zero-order valence-corrected chi connectivity index (χ0v) is 8.85. The molecular formula is C10H17N3O2. The molecule has 0 amide bonds. The van der Waals surface area contributed by atoms with Crippen molar-refractivity contribution in [2.24, 2.45) is 0 Å². The predicted molar refractivity (Wildman–Crippen MR) is 54.2 cm³/mol. The summed E-state index contributed by atoms with van der Waals surface area (Å²) in [6, 6.07) is 0. The quantitative estimate of drug-likeness (QED) is 0.789. The maximum atomic E-state index is 8.76. The number of hydrogen-bond donors (Lipinski definition) is 1. The summed E-state index contributed by atoms with van der Waals surface area (Å²) in [6.07, 6.45) is 4.76. The number of aliphatic hydroxyl groups excluding tert-OH is 1. The van der Waals surface area contributed by atoms with Crippen LogP contribution >= 0.6 is 0 Å². The third-order valence-corrected chi connectivity index (χ3v) is 2.75. The van der Waals surface area contributed by atoms with Gasteiger partial charge >= 0.3 is 0 Å². The van der Waals surface area contributed by atoms with Crippen molar-refractivity contribution in [3.05, 3.63) is 11.7 Å². The first kappa shape index (κ1) is 10.6. The van der Waals surface area contributed by atoms with Gasteiger partial charge in [-0.15, -0.1) is 0 Å². The molecule has 5 heteroatoms. The molecule has 0 unspecified atom stereocenters. The number of rotatable bonds is 4. The van der Waals surface area contributed by atoms with Crippen molar-refractivity contribution in [3.63, 3.8) is 0 Å². The third kappa shape index (κ3) is 3.00. The lowest BCUT2D eigenvalue weighted by Crippen LogP contribution is -2.31. The first-order chi connectivity index (χ1) is 7.38. The van der Waals surface area contributed by atoms with Crippen LogP contribution < -0.4 is 0 Å². The Balaban J connectivity index is 1.76. The Bertz CT molecular complexity index is 295. The second-order valence-electron chi connectivity index (χ2n) is 3.91. The minimum Gasteiger partial charge on any atom is -0.387 e. The minimum absolute atomic E-state index is 0.170. The highest BCUT2D eigenvalue weighted by Gasteiger charge is 2.11. The van der Waals surface area contributed by atoms with Crippen molar-refractivity contribution in [2.75, 3.05) is 19.6 Å². The van der Waals surface area contributed by atoms with E-state index in [1.54, 1.807) is 0 Å². The molecule has 0 radical (unpaired) electrons. The summed E-state index contributed by atoms with van der Waals surface area (Å²) >= 11 is 0. The summed E-state index contributed by atoms with van der Waals surface area (Å²) < 4.78 is 4.82. The molecule has 0 atom stereocenters. The van der Waals surface area contributed by atoms with Gasteiger partial charge in [0.2, 0.25) is 0 Å². The van der Waals surface area contributed by atoms with Gasteiger partial charge in [0.1, 0.15) is 6.61 Å². The van der Waals surface area contributed by atoms with Gasteiger partial charge in [0, 0.05) is 13.0 Å². The van der Waals surface area contributed by atoms with E-state index < -0.39 is 0 Å². The average Bonchev–Trinajstić information content (AvgIpc) is 2.76. The monoisotopic (exact) mass is 211 g/mol. The smallest absolute Gasteiger partial charge is 0.252 e. The Morgan fingerprint density at radius 1 is 1.27 bits per heavy atom. The second-order valence-corrected chi connectivity index (χ2v) is 3.91. The van der Waals surface area contributed by atoms with Gasteiger partial charge in [-0.2, -0.15) is 4.98 Å². The molecule has 1 saturated heterocycles. The lowest BCUT2D eigenvalue weighted by atomic mass is 10.1. The molecule has 1 aliphatic rings. The molecule has 0 aromatic carbocycles. The van der Waals surface area contributed by atoms with E-state index in [1.807, 2.05) is 0 Å². The molecular weight excluding hydrogens is 194 g/mol. The highest BCUT2D eigenvalue weighted by molar-refractivity contribution is 4.86. The van der Waals surface area contributed by atoms with Gasteiger partial charge in [-0.25, -0.2) is 0 Å². The molecule has 0 aliphatic carbocycles.